The first-order valence-electron chi connectivity index (χ1n) is 5.68. The molecule has 1 aliphatic rings. The lowest BCUT2D eigenvalue weighted by atomic mass is 10.2. The van der Waals surface area contributed by atoms with Crippen LogP contribution >= 0.6 is 38.5 Å². The summed E-state index contributed by atoms with van der Waals surface area (Å²) in [5.74, 6) is -0.379. The Morgan fingerprint density at radius 3 is 3.06 bits per heavy atom. The minimum absolute atomic E-state index is 0.104. The summed E-state index contributed by atoms with van der Waals surface area (Å²) in [6.45, 7) is 0.731. The number of aromatic nitrogens is 3. The highest BCUT2D eigenvalue weighted by molar-refractivity contribution is 14.1. The van der Waals surface area contributed by atoms with E-state index in [0.717, 1.165) is 29.6 Å². The van der Waals surface area contributed by atoms with E-state index >= 15 is 0 Å². The Morgan fingerprint density at radius 1 is 1.50 bits per heavy atom. The standard InChI is InChI=1S/C11H10BrFIN3O/c12-10-6(13)5-7-9(15-10)11(14)16-17(7)8-3-1-2-4-18-8/h5,8H,1-4H2. The van der Waals surface area contributed by atoms with Gasteiger partial charge in [-0.25, -0.2) is 14.1 Å². The van der Waals surface area contributed by atoms with Gasteiger partial charge in [-0.1, -0.05) is 0 Å². The molecule has 0 bridgehead atoms. The topological polar surface area (TPSA) is 39.9 Å². The Kier molecular flexibility index (Phi) is 3.55. The Labute approximate surface area is 125 Å². The molecule has 0 spiro atoms. The lowest BCUT2D eigenvalue weighted by Crippen LogP contribution is -2.19. The molecule has 1 fully saturated rings. The van der Waals surface area contributed by atoms with Crippen LogP contribution in [0.2, 0.25) is 0 Å². The van der Waals surface area contributed by atoms with Crippen molar-refractivity contribution in [3.05, 3.63) is 20.2 Å². The van der Waals surface area contributed by atoms with Gasteiger partial charge < -0.3 is 4.74 Å². The van der Waals surface area contributed by atoms with Crippen molar-refractivity contribution in [1.29, 1.82) is 0 Å². The Hall–Kier alpha value is -0.280. The highest BCUT2D eigenvalue weighted by Crippen LogP contribution is 2.29. The van der Waals surface area contributed by atoms with E-state index in [1.807, 2.05) is 0 Å². The van der Waals surface area contributed by atoms with Gasteiger partial charge in [-0.2, -0.15) is 5.10 Å². The third-order valence-electron chi connectivity index (χ3n) is 2.98. The molecule has 3 heterocycles. The minimum Gasteiger partial charge on any atom is -0.356 e. The molecule has 1 saturated heterocycles. The zero-order valence-electron chi connectivity index (χ0n) is 9.37. The van der Waals surface area contributed by atoms with E-state index in [9.17, 15) is 4.39 Å². The summed E-state index contributed by atoms with van der Waals surface area (Å²) in [7, 11) is 0. The lowest BCUT2D eigenvalue weighted by molar-refractivity contribution is -0.0369. The zero-order chi connectivity index (χ0) is 12.7. The zero-order valence-corrected chi connectivity index (χ0v) is 13.1. The maximum absolute atomic E-state index is 13.6. The van der Waals surface area contributed by atoms with Gasteiger partial charge in [-0.15, -0.1) is 0 Å². The van der Waals surface area contributed by atoms with Gasteiger partial charge in [-0.3, -0.25) is 0 Å². The van der Waals surface area contributed by atoms with Crippen molar-refractivity contribution < 1.29 is 9.13 Å². The summed E-state index contributed by atoms with van der Waals surface area (Å²) in [5.41, 5.74) is 1.39. The number of nitrogens with zero attached hydrogens (tertiary/aromatic N) is 3. The van der Waals surface area contributed by atoms with Gasteiger partial charge in [0.1, 0.15) is 13.8 Å². The van der Waals surface area contributed by atoms with E-state index in [0.29, 0.717) is 11.0 Å². The number of pyridine rings is 1. The summed E-state index contributed by atoms with van der Waals surface area (Å²) in [5, 5.41) is 4.42. The van der Waals surface area contributed by atoms with Crippen molar-refractivity contribution in [2.75, 3.05) is 6.61 Å². The Bertz CT molecular complexity index is 597. The van der Waals surface area contributed by atoms with Crippen LogP contribution in [0.15, 0.2) is 10.7 Å². The van der Waals surface area contributed by atoms with E-state index in [4.69, 9.17) is 4.74 Å². The molecule has 96 valence electrons. The average molecular weight is 426 g/mol. The van der Waals surface area contributed by atoms with Crippen LogP contribution in [0.5, 0.6) is 0 Å². The highest BCUT2D eigenvalue weighted by atomic mass is 127. The SMILES string of the molecule is Fc1cc2c(nc1Br)c(I)nn2C1CCCCO1. The molecular weight excluding hydrogens is 416 g/mol. The van der Waals surface area contributed by atoms with E-state index < -0.39 is 0 Å². The lowest BCUT2D eigenvalue weighted by Gasteiger charge is -2.23. The quantitative estimate of drug-likeness (QED) is 0.517. The fourth-order valence-electron chi connectivity index (χ4n) is 2.12. The van der Waals surface area contributed by atoms with Crippen LogP contribution in [-0.4, -0.2) is 21.4 Å². The second-order valence-electron chi connectivity index (χ2n) is 4.19. The highest BCUT2D eigenvalue weighted by Gasteiger charge is 2.22. The van der Waals surface area contributed by atoms with Gasteiger partial charge in [0.05, 0.1) is 5.52 Å². The first kappa shape index (κ1) is 12.7. The van der Waals surface area contributed by atoms with Crippen molar-refractivity contribution in [2.45, 2.75) is 25.5 Å². The first-order valence-corrected chi connectivity index (χ1v) is 7.55. The molecule has 18 heavy (non-hydrogen) atoms. The molecule has 0 radical (unpaired) electrons. The monoisotopic (exact) mass is 425 g/mol. The van der Waals surface area contributed by atoms with Crippen molar-refractivity contribution in [3.63, 3.8) is 0 Å². The van der Waals surface area contributed by atoms with Gasteiger partial charge in [0, 0.05) is 12.7 Å². The molecular formula is C11H10BrFIN3O. The maximum atomic E-state index is 13.6. The average Bonchev–Trinajstić information content (AvgIpc) is 2.69. The fraction of sp³-hybridized carbons (Fsp3) is 0.455. The van der Waals surface area contributed by atoms with E-state index in [2.05, 4.69) is 48.6 Å². The third-order valence-corrected chi connectivity index (χ3v) is 4.26. The molecule has 0 saturated carbocycles. The van der Waals surface area contributed by atoms with Crippen LogP contribution in [-0.2, 0) is 4.74 Å². The molecule has 1 atom stereocenters. The normalized spacial score (nSPS) is 20.5. The second kappa shape index (κ2) is 5.01. The van der Waals surface area contributed by atoms with Gasteiger partial charge in [0.2, 0.25) is 0 Å². The van der Waals surface area contributed by atoms with Crippen LogP contribution in [0.1, 0.15) is 25.5 Å². The molecule has 2 aromatic rings. The van der Waals surface area contributed by atoms with Crippen molar-refractivity contribution in [1.82, 2.24) is 14.8 Å². The number of rotatable bonds is 1. The summed E-state index contributed by atoms with van der Waals surface area (Å²) < 4.78 is 22.0. The van der Waals surface area contributed by atoms with E-state index in [1.54, 1.807) is 4.68 Å². The number of hydrogen-bond acceptors (Lipinski definition) is 3. The van der Waals surface area contributed by atoms with E-state index in [-0.39, 0.29) is 16.6 Å². The number of halogens is 3. The van der Waals surface area contributed by atoms with Crippen molar-refractivity contribution in [3.8, 4) is 0 Å². The first-order chi connectivity index (χ1) is 8.66. The van der Waals surface area contributed by atoms with Crippen LogP contribution in [0.3, 0.4) is 0 Å². The molecule has 0 amide bonds. The van der Waals surface area contributed by atoms with E-state index in [1.165, 1.54) is 6.07 Å². The maximum Gasteiger partial charge on any atom is 0.158 e. The molecule has 3 rings (SSSR count). The predicted octanol–water partition coefficient (Wildman–Crippen LogP) is 3.64. The molecule has 0 aromatic carbocycles. The number of fused-ring (bicyclic) bond motifs is 1. The van der Waals surface area contributed by atoms with Crippen LogP contribution in [0, 0.1) is 9.52 Å². The molecule has 0 N–H and O–H groups in total. The van der Waals surface area contributed by atoms with Gasteiger partial charge in [0.15, 0.2) is 12.0 Å². The van der Waals surface area contributed by atoms with Crippen LogP contribution in [0.25, 0.3) is 11.0 Å². The fourth-order valence-corrected chi connectivity index (χ4v) is 3.04. The summed E-state index contributed by atoms with van der Waals surface area (Å²) in [6.07, 6.45) is 2.98. The molecule has 7 heteroatoms. The summed E-state index contributed by atoms with van der Waals surface area (Å²) >= 11 is 5.21. The third kappa shape index (κ3) is 2.16. The molecule has 1 aliphatic heterocycles. The minimum atomic E-state index is -0.379. The smallest absolute Gasteiger partial charge is 0.158 e. The number of hydrogen-bond donors (Lipinski definition) is 0. The van der Waals surface area contributed by atoms with Gasteiger partial charge >= 0.3 is 0 Å². The Morgan fingerprint density at radius 2 is 2.33 bits per heavy atom. The molecule has 4 nitrogen and oxygen atoms in total. The van der Waals surface area contributed by atoms with Crippen LogP contribution in [0.4, 0.5) is 4.39 Å². The summed E-state index contributed by atoms with van der Waals surface area (Å²) in [4.78, 5) is 4.19. The van der Waals surface area contributed by atoms with Gasteiger partial charge in [0.25, 0.3) is 0 Å². The van der Waals surface area contributed by atoms with Crippen molar-refractivity contribution >= 4 is 49.6 Å². The largest absolute Gasteiger partial charge is 0.356 e. The predicted molar refractivity (Wildman–Crippen MR) is 76.7 cm³/mol. The molecule has 2 aromatic heterocycles. The summed E-state index contributed by atoms with van der Waals surface area (Å²) in [6, 6.07) is 1.46. The van der Waals surface area contributed by atoms with Crippen molar-refractivity contribution in [2.24, 2.45) is 0 Å². The Balaban J connectivity index is 2.14. The number of ether oxygens (including phenoxy) is 1. The van der Waals surface area contributed by atoms with Crippen LogP contribution < -0.4 is 0 Å². The second-order valence-corrected chi connectivity index (χ2v) is 5.96. The molecule has 0 aliphatic carbocycles. The van der Waals surface area contributed by atoms with Gasteiger partial charge in [-0.05, 0) is 57.8 Å². The molecule has 1 unspecified atom stereocenters.